The van der Waals surface area contributed by atoms with E-state index in [9.17, 15) is 4.79 Å². The van der Waals surface area contributed by atoms with Gasteiger partial charge in [-0.3, -0.25) is 4.79 Å². The third-order valence-electron chi connectivity index (χ3n) is 4.17. The first-order valence-corrected chi connectivity index (χ1v) is 8.03. The van der Waals surface area contributed by atoms with E-state index in [-0.39, 0.29) is 11.9 Å². The van der Waals surface area contributed by atoms with Crippen LogP contribution in [0.25, 0.3) is 0 Å². The van der Waals surface area contributed by atoms with Gasteiger partial charge in [-0.15, -0.1) is 10.2 Å². The van der Waals surface area contributed by atoms with Crippen molar-refractivity contribution in [3.63, 3.8) is 0 Å². The molecule has 2 atom stereocenters. The van der Waals surface area contributed by atoms with Crippen molar-refractivity contribution in [1.82, 2.24) is 20.1 Å². The lowest BCUT2D eigenvalue weighted by Gasteiger charge is -2.16. The molecule has 0 saturated carbocycles. The molecule has 0 fully saturated rings. The molecule has 1 aliphatic heterocycles. The number of nitrogens with zero attached hydrogens (tertiary/aromatic N) is 3. The molecule has 0 bridgehead atoms. The third-order valence-corrected chi connectivity index (χ3v) is 4.17. The van der Waals surface area contributed by atoms with Gasteiger partial charge >= 0.3 is 0 Å². The van der Waals surface area contributed by atoms with Crippen molar-refractivity contribution in [3.8, 4) is 0 Å². The molecule has 118 valence electrons. The van der Waals surface area contributed by atoms with E-state index in [2.05, 4.69) is 27.0 Å². The molecule has 1 amide bonds. The first-order chi connectivity index (χ1) is 10.1. The minimum atomic E-state index is -0.0926. The van der Waals surface area contributed by atoms with Crippen LogP contribution in [-0.2, 0) is 17.8 Å². The molecule has 6 heteroatoms. The van der Waals surface area contributed by atoms with Gasteiger partial charge in [0.1, 0.15) is 5.82 Å². The molecule has 0 aliphatic carbocycles. The van der Waals surface area contributed by atoms with Crippen LogP contribution in [0.1, 0.15) is 63.6 Å². The predicted octanol–water partition coefficient (Wildman–Crippen LogP) is 1.56. The average Bonchev–Trinajstić information content (AvgIpc) is 2.74. The minimum absolute atomic E-state index is 0.0637. The molecule has 0 radical (unpaired) electrons. The third kappa shape index (κ3) is 4.27. The zero-order valence-corrected chi connectivity index (χ0v) is 13.1. The van der Waals surface area contributed by atoms with E-state index in [1.807, 2.05) is 6.92 Å². The molecule has 2 heterocycles. The van der Waals surface area contributed by atoms with E-state index in [0.29, 0.717) is 18.9 Å². The van der Waals surface area contributed by atoms with E-state index in [4.69, 9.17) is 5.73 Å². The lowest BCUT2D eigenvalue weighted by Crippen LogP contribution is -2.29. The van der Waals surface area contributed by atoms with Crippen LogP contribution < -0.4 is 11.1 Å². The predicted molar refractivity (Wildman–Crippen MR) is 81.6 cm³/mol. The fourth-order valence-corrected chi connectivity index (χ4v) is 2.70. The van der Waals surface area contributed by atoms with Crippen LogP contribution >= 0.6 is 0 Å². The number of amides is 1. The average molecular weight is 293 g/mol. The Labute approximate surface area is 126 Å². The molecule has 1 aliphatic rings. The molecule has 1 aromatic heterocycles. The van der Waals surface area contributed by atoms with E-state index in [1.165, 1.54) is 12.8 Å². The van der Waals surface area contributed by atoms with Crippen molar-refractivity contribution in [3.05, 3.63) is 11.6 Å². The summed E-state index contributed by atoms with van der Waals surface area (Å²) >= 11 is 0. The Balaban J connectivity index is 1.92. The number of aromatic nitrogens is 3. The maximum atomic E-state index is 12.0. The highest BCUT2D eigenvalue weighted by molar-refractivity contribution is 5.76. The van der Waals surface area contributed by atoms with Gasteiger partial charge in [0.15, 0.2) is 5.82 Å². The molecule has 2 rings (SSSR count). The quantitative estimate of drug-likeness (QED) is 0.833. The molecule has 0 spiro atoms. The standard InChI is InChI=1S/C15H27N5O/c1-11(10-16)7-8-14(21)17-12(2)15-19-18-13-6-4-3-5-9-20(13)15/h11-12H,3-10,16H2,1-2H3,(H,17,21). The van der Waals surface area contributed by atoms with Gasteiger partial charge in [-0.05, 0) is 38.6 Å². The fourth-order valence-electron chi connectivity index (χ4n) is 2.70. The van der Waals surface area contributed by atoms with Crippen LogP contribution in [0.4, 0.5) is 0 Å². The molecular formula is C15H27N5O. The minimum Gasteiger partial charge on any atom is -0.346 e. The van der Waals surface area contributed by atoms with Gasteiger partial charge in [-0.25, -0.2) is 0 Å². The van der Waals surface area contributed by atoms with Crippen molar-refractivity contribution in [2.75, 3.05) is 6.54 Å². The summed E-state index contributed by atoms with van der Waals surface area (Å²) in [6, 6.07) is -0.0926. The number of hydrogen-bond acceptors (Lipinski definition) is 4. The van der Waals surface area contributed by atoms with Crippen molar-refractivity contribution >= 4 is 5.91 Å². The van der Waals surface area contributed by atoms with E-state index >= 15 is 0 Å². The molecular weight excluding hydrogens is 266 g/mol. The monoisotopic (exact) mass is 293 g/mol. The Morgan fingerprint density at radius 2 is 2.14 bits per heavy atom. The van der Waals surface area contributed by atoms with Crippen molar-refractivity contribution in [1.29, 1.82) is 0 Å². The summed E-state index contributed by atoms with van der Waals surface area (Å²) in [5.74, 6) is 2.39. The summed E-state index contributed by atoms with van der Waals surface area (Å²) in [5.41, 5.74) is 5.57. The molecule has 2 unspecified atom stereocenters. The van der Waals surface area contributed by atoms with Crippen LogP contribution in [0, 0.1) is 5.92 Å². The molecule has 3 N–H and O–H groups in total. The second-order valence-corrected chi connectivity index (χ2v) is 6.11. The Morgan fingerprint density at radius 3 is 2.90 bits per heavy atom. The van der Waals surface area contributed by atoms with E-state index in [0.717, 1.165) is 37.5 Å². The molecule has 0 saturated heterocycles. The van der Waals surface area contributed by atoms with Crippen molar-refractivity contribution in [2.45, 2.75) is 65.0 Å². The summed E-state index contributed by atoms with van der Waals surface area (Å²) < 4.78 is 2.18. The molecule has 1 aromatic rings. The molecule has 0 aromatic carbocycles. The summed E-state index contributed by atoms with van der Waals surface area (Å²) in [7, 11) is 0. The zero-order valence-electron chi connectivity index (χ0n) is 13.1. The van der Waals surface area contributed by atoms with Gasteiger partial charge in [-0.1, -0.05) is 13.3 Å². The number of hydrogen-bond donors (Lipinski definition) is 2. The zero-order chi connectivity index (χ0) is 15.2. The van der Waals surface area contributed by atoms with Gasteiger partial charge in [0.2, 0.25) is 5.91 Å². The lowest BCUT2D eigenvalue weighted by atomic mass is 10.1. The highest BCUT2D eigenvalue weighted by atomic mass is 16.1. The summed E-state index contributed by atoms with van der Waals surface area (Å²) in [5, 5.41) is 11.6. The van der Waals surface area contributed by atoms with Gasteiger partial charge in [0.05, 0.1) is 6.04 Å². The maximum Gasteiger partial charge on any atom is 0.220 e. The van der Waals surface area contributed by atoms with Crippen LogP contribution in [0.2, 0.25) is 0 Å². The second kappa shape index (κ2) is 7.54. The topological polar surface area (TPSA) is 85.8 Å². The number of fused-ring (bicyclic) bond motifs is 1. The highest BCUT2D eigenvalue weighted by Crippen LogP contribution is 2.18. The fraction of sp³-hybridized carbons (Fsp3) is 0.800. The number of carbonyl (C=O) groups excluding carboxylic acids is 1. The number of nitrogens with two attached hydrogens (primary N) is 1. The summed E-state index contributed by atoms with van der Waals surface area (Å²) in [6.07, 6.45) is 5.90. The number of carbonyl (C=O) groups is 1. The van der Waals surface area contributed by atoms with Gasteiger partial charge in [0.25, 0.3) is 0 Å². The van der Waals surface area contributed by atoms with Crippen LogP contribution in [0.15, 0.2) is 0 Å². The summed E-state index contributed by atoms with van der Waals surface area (Å²) in [6.45, 7) is 5.63. The Hall–Kier alpha value is -1.43. The number of rotatable bonds is 6. The Bertz CT molecular complexity index is 471. The SMILES string of the molecule is CC(CN)CCC(=O)NC(C)c1nnc2n1CCCCC2. The molecule has 21 heavy (non-hydrogen) atoms. The Morgan fingerprint density at radius 1 is 1.33 bits per heavy atom. The first kappa shape index (κ1) is 15.9. The second-order valence-electron chi connectivity index (χ2n) is 6.11. The van der Waals surface area contributed by atoms with E-state index < -0.39 is 0 Å². The summed E-state index contributed by atoms with van der Waals surface area (Å²) in [4.78, 5) is 12.0. The lowest BCUT2D eigenvalue weighted by molar-refractivity contribution is -0.122. The van der Waals surface area contributed by atoms with Gasteiger partial charge < -0.3 is 15.6 Å². The smallest absolute Gasteiger partial charge is 0.220 e. The maximum absolute atomic E-state index is 12.0. The van der Waals surface area contributed by atoms with Gasteiger partial charge in [-0.2, -0.15) is 0 Å². The Kier molecular flexibility index (Phi) is 5.73. The van der Waals surface area contributed by atoms with Crippen LogP contribution in [0.5, 0.6) is 0 Å². The number of nitrogens with one attached hydrogen (secondary N) is 1. The highest BCUT2D eigenvalue weighted by Gasteiger charge is 2.20. The van der Waals surface area contributed by atoms with Crippen molar-refractivity contribution in [2.24, 2.45) is 11.7 Å². The van der Waals surface area contributed by atoms with Gasteiger partial charge in [0, 0.05) is 19.4 Å². The van der Waals surface area contributed by atoms with Crippen LogP contribution in [0.3, 0.4) is 0 Å². The first-order valence-electron chi connectivity index (χ1n) is 8.03. The van der Waals surface area contributed by atoms with Crippen molar-refractivity contribution < 1.29 is 4.79 Å². The number of aryl methyl sites for hydroxylation is 1. The van der Waals surface area contributed by atoms with Crippen LogP contribution in [-0.4, -0.2) is 27.2 Å². The molecule has 6 nitrogen and oxygen atoms in total. The van der Waals surface area contributed by atoms with E-state index in [1.54, 1.807) is 0 Å². The normalized spacial score (nSPS) is 17.7. The largest absolute Gasteiger partial charge is 0.346 e.